The number of hydrogen-bond acceptors (Lipinski definition) is 0. The molecule has 1 atom stereocenters. The van der Waals surface area contributed by atoms with E-state index in [0.29, 0.717) is 5.92 Å². The van der Waals surface area contributed by atoms with E-state index >= 15 is 0 Å². The van der Waals surface area contributed by atoms with Crippen molar-refractivity contribution in [2.75, 3.05) is 0 Å². The summed E-state index contributed by atoms with van der Waals surface area (Å²) in [5.74, 6) is 2.02. The standard InChI is InChI=1S/C39H61N2/c1-4-6-8-10-11-12-13-14-15-16-17-25-31-41-38(32-35(3)37-28-22-19-23-29-37)34-40(30-24-9-7-5-2)39(41)33-36-26-20-18-21-27-36/h18-23,26-29,34-35H,4-17,24-25,30-33H2,1-3H3/q+1. The van der Waals surface area contributed by atoms with Gasteiger partial charge in [-0.1, -0.05) is 158 Å². The first kappa shape index (κ1) is 33.2. The molecule has 0 bridgehead atoms. The summed E-state index contributed by atoms with van der Waals surface area (Å²) in [6.07, 6.45) is 26.7. The van der Waals surface area contributed by atoms with Crippen molar-refractivity contribution in [2.24, 2.45) is 0 Å². The Balaban J connectivity index is 1.64. The summed E-state index contributed by atoms with van der Waals surface area (Å²) >= 11 is 0. The Bertz CT molecular complexity index is 1040. The number of nitrogens with zero attached hydrogens (tertiary/aromatic N) is 2. The fraction of sp³-hybridized carbons (Fsp3) is 0.615. The molecule has 0 N–H and O–H groups in total. The van der Waals surface area contributed by atoms with Crippen molar-refractivity contribution < 1.29 is 4.57 Å². The lowest BCUT2D eigenvalue weighted by molar-refractivity contribution is -0.710. The molecule has 0 aliphatic rings. The average Bonchev–Trinajstić information content (AvgIpc) is 3.31. The lowest BCUT2D eigenvalue weighted by Gasteiger charge is -2.12. The summed E-state index contributed by atoms with van der Waals surface area (Å²) in [5.41, 5.74) is 4.39. The van der Waals surface area contributed by atoms with E-state index in [2.05, 4.69) is 96.8 Å². The van der Waals surface area contributed by atoms with Crippen LogP contribution in [0.15, 0.2) is 66.9 Å². The molecule has 0 saturated heterocycles. The molecule has 0 amide bonds. The molecule has 1 aromatic heterocycles. The van der Waals surface area contributed by atoms with Crippen molar-refractivity contribution in [1.29, 1.82) is 0 Å². The number of aromatic nitrogens is 2. The molecule has 0 aliphatic heterocycles. The van der Waals surface area contributed by atoms with Crippen molar-refractivity contribution in [3.05, 3.63) is 89.5 Å². The lowest BCUT2D eigenvalue weighted by atomic mass is 9.96. The number of hydrogen-bond donors (Lipinski definition) is 0. The van der Waals surface area contributed by atoms with Gasteiger partial charge in [-0.3, -0.25) is 0 Å². The maximum Gasteiger partial charge on any atom is 0.261 e. The second-order valence-corrected chi connectivity index (χ2v) is 12.5. The molecule has 41 heavy (non-hydrogen) atoms. The Labute approximate surface area is 253 Å². The molecular formula is C39H61N2+. The highest BCUT2D eigenvalue weighted by atomic mass is 15.2. The number of aryl methyl sites for hydroxylation is 1. The average molecular weight is 558 g/mol. The molecule has 1 unspecified atom stereocenters. The highest BCUT2D eigenvalue weighted by Gasteiger charge is 2.25. The van der Waals surface area contributed by atoms with Gasteiger partial charge in [-0.25, -0.2) is 9.13 Å². The quantitative estimate of drug-likeness (QED) is 0.0810. The van der Waals surface area contributed by atoms with Crippen LogP contribution >= 0.6 is 0 Å². The highest BCUT2D eigenvalue weighted by Crippen LogP contribution is 2.21. The first-order chi connectivity index (χ1) is 20.2. The van der Waals surface area contributed by atoms with Crippen molar-refractivity contribution in [3.63, 3.8) is 0 Å². The molecule has 2 nitrogen and oxygen atoms in total. The number of imidazole rings is 1. The number of unbranched alkanes of at least 4 members (excludes halogenated alkanes) is 14. The third kappa shape index (κ3) is 12.6. The SMILES string of the molecule is CCCCCCCCCCCCCC[n+]1c(CC(C)c2ccccc2)cn(CCCCCC)c1Cc1ccccc1. The molecule has 3 rings (SSSR count). The summed E-state index contributed by atoms with van der Waals surface area (Å²) in [4.78, 5) is 0. The van der Waals surface area contributed by atoms with Crippen LogP contribution in [0.5, 0.6) is 0 Å². The van der Waals surface area contributed by atoms with E-state index in [0.717, 1.165) is 25.9 Å². The van der Waals surface area contributed by atoms with Crippen LogP contribution in [0.3, 0.4) is 0 Å². The zero-order valence-corrected chi connectivity index (χ0v) is 27.0. The predicted molar refractivity (Wildman–Crippen MR) is 178 cm³/mol. The monoisotopic (exact) mass is 557 g/mol. The minimum atomic E-state index is 0.518. The maximum atomic E-state index is 2.72. The molecule has 226 valence electrons. The molecule has 2 aromatic carbocycles. The molecule has 0 fully saturated rings. The molecule has 2 heteroatoms. The topological polar surface area (TPSA) is 8.81 Å². The summed E-state index contributed by atoms with van der Waals surface area (Å²) in [6, 6.07) is 22.2. The van der Waals surface area contributed by atoms with Crippen LogP contribution < -0.4 is 4.57 Å². The van der Waals surface area contributed by atoms with E-state index in [1.807, 2.05) is 0 Å². The van der Waals surface area contributed by atoms with Crippen molar-refractivity contribution in [3.8, 4) is 0 Å². The highest BCUT2D eigenvalue weighted by molar-refractivity contribution is 5.21. The zero-order valence-electron chi connectivity index (χ0n) is 27.0. The molecule has 3 aromatic rings. The predicted octanol–water partition coefficient (Wildman–Crippen LogP) is 11.0. The fourth-order valence-corrected chi connectivity index (χ4v) is 6.28. The van der Waals surface area contributed by atoms with E-state index in [-0.39, 0.29) is 0 Å². The third-order valence-electron chi connectivity index (χ3n) is 8.87. The van der Waals surface area contributed by atoms with Gasteiger partial charge < -0.3 is 0 Å². The molecule has 0 aliphatic carbocycles. The van der Waals surface area contributed by atoms with Crippen LogP contribution in [0.1, 0.15) is 152 Å². The summed E-state index contributed by atoms with van der Waals surface area (Å²) in [5, 5.41) is 0. The van der Waals surface area contributed by atoms with Crippen molar-refractivity contribution in [1.82, 2.24) is 4.57 Å². The summed E-state index contributed by atoms with van der Waals surface area (Å²) in [6.45, 7) is 9.30. The van der Waals surface area contributed by atoms with E-state index in [1.165, 1.54) is 125 Å². The normalized spacial score (nSPS) is 12.2. The first-order valence-corrected chi connectivity index (χ1v) is 17.4. The van der Waals surface area contributed by atoms with Gasteiger partial charge in [0.25, 0.3) is 5.82 Å². The zero-order chi connectivity index (χ0) is 29.0. The van der Waals surface area contributed by atoms with Crippen LogP contribution in [0, 0.1) is 0 Å². The first-order valence-electron chi connectivity index (χ1n) is 17.4. The van der Waals surface area contributed by atoms with Crippen molar-refractivity contribution in [2.45, 2.75) is 155 Å². The van der Waals surface area contributed by atoms with E-state index in [4.69, 9.17) is 0 Å². The third-order valence-corrected chi connectivity index (χ3v) is 8.87. The summed E-state index contributed by atoms with van der Waals surface area (Å²) in [7, 11) is 0. The van der Waals surface area contributed by atoms with Gasteiger partial charge in [0.1, 0.15) is 11.9 Å². The van der Waals surface area contributed by atoms with E-state index in [9.17, 15) is 0 Å². The van der Waals surface area contributed by atoms with Crippen LogP contribution in [-0.4, -0.2) is 4.57 Å². The Hall–Kier alpha value is -2.35. The molecule has 0 saturated carbocycles. The van der Waals surface area contributed by atoms with Gasteiger partial charge >= 0.3 is 0 Å². The molecule has 1 heterocycles. The van der Waals surface area contributed by atoms with Crippen LogP contribution in [-0.2, 0) is 25.9 Å². The van der Waals surface area contributed by atoms with Crippen LogP contribution in [0.4, 0.5) is 0 Å². The molecule has 0 radical (unpaired) electrons. The minimum Gasteiger partial charge on any atom is -0.234 e. The van der Waals surface area contributed by atoms with Gasteiger partial charge in [0.15, 0.2) is 0 Å². The summed E-state index contributed by atoms with van der Waals surface area (Å²) < 4.78 is 5.35. The second-order valence-electron chi connectivity index (χ2n) is 12.5. The Morgan fingerprint density at radius 1 is 0.610 bits per heavy atom. The van der Waals surface area contributed by atoms with Crippen LogP contribution in [0.25, 0.3) is 0 Å². The second kappa shape index (κ2) is 20.5. The van der Waals surface area contributed by atoms with Crippen molar-refractivity contribution >= 4 is 0 Å². The maximum absolute atomic E-state index is 2.72. The van der Waals surface area contributed by atoms with Gasteiger partial charge in [-0.05, 0) is 42.7 Å². The molecule has 0 spiro atoms. The smallest absolute Gasteiger partial charge is 0.234 e. The van der Waals surface area contributed by atoms with E-state index in [1.54, 1.807) is 0 Å². The van der Waals surface area contributed by atoms with Gasteiger partial charge in [0.2, 0.25) is 0 Å². The van der Waals surface area contributed by atoms with Gasteiger partial charge in [0, 0.05) is 6.42 Å². The largest absolute Gasteiger partial charge is 0.261 e. The van der Waals surface area contributed by atoms with E-state index < -0.39 is 0 Å². The Kier molecular flexibility index (Phi) is 16.6. The Morgan fingerprint density at radius 2 is 1.12 bits per heavy atom. The van der Waals surface area contributed by atoms with Gasteiger partial charge in [-0.2, -0.15) is 0 Å². The number of rotatable bonds is 23. The fourth-order valence-electron chi connectivity index (χ4n) is 6.28. The van der Waals surface area contributed by atoms with Crippen LogP contribution in [0.2, 0.25) is 0 Å². The van der Waals surface area contributed by atoms with Gasteiger partial charge in [-0.15, -0.1) is 0 Å². The molecular weight excluding hydrogens is 496 g/mol. The Morgan fingerprint density at radius 3 is 1.71 bits per heavy atom. The number of benzene rings is 2. The lowest BCUT2D eigenvalue weighted by Crippen LogP contribution is -2.41. The minimum absolute atomic E-state index is 0.518. The van der Waals surface area contributed by atoms with Gasteiger partial charge in [0.05, 0.1) is 19.5 Å².